The van der Waals surface area contributed by atoms with Crippen LogP contribution < -0.4 is 0 Å². The Balaban J connectivity index is 2.15. The van der Waals surface area contributed by atoms with Crippen molar-refractivity contribution in [2.75, 3.05) is 13.7 Å². The lowest BCUT2D eigenvalue weighted by molar-refractivity contribution is 0.269. The van der Waals surface area contributed by atoms with Crippen LogP contribution in [0, 0.1) is 6.92 Å². The topological polar surface area (TPSA) is 88.3 Å². The highest BCUT2D eigenvalue weighted by Gasteiger charge is 2.23. The average Bonchev–Trinajstić information content (AvgIpc) is 2.99. The van der Waals surface area contributed by atoms with Crippen LogP contribution in [0.5, 0.6) is 0 Å². The van der Waals surface area contributed by atoms with Crippen LogP contribution in [0.15, 0.2) is 22.7 Å². The summed E-state index contributed by atoms with van der Waals surface area (Å²) in [4.78, 5) is 4.36. The third-order valence-corrected chi connectivity index (χ3v) is 5.28. The number of sulfonamides is 1. The molecule has 0 saturated carbocycles. The van der Waals surface area contributed by atoms with Crippen molar-refractivity contribution < 1.29 is 13.5 Å². The fraction of sp³-hybridized carbons (Fsp3) is 0.455. The monoisotopic (exact) mass is 316 g/mol. The molecule has 0 saturated heterocycles. The van der Waals surface area contributed by atoms with Crippen molar-refractivity contribution in [2.45, 2.75) is 24.9 Å². The Bertz CT molecular complexity index is 677. The van der Waals surface area contributed by atoms with E-state index in [1.807, 2.05) is 12.3 Å². The number of hydrogen-bond donors (Lipinski definition) is 1. The maximum Gasteiger partial charge on any atom is 0.246 e. The van der Waals surface area contributed by atoms with Gasteiger partial charge in [0.1, 0.15) is 4.90 Å². The molecule has 0 aliphatic rings. The van der Waals surface area contributed by atoms with E-state index in [2.05, 4.69) is 10.1 Å². The predicted octanol–water partition coefficient (Wildman–Crippen LogP) is 0.461. The van der Waals surface area contributed by atoms with Crippen LogP contribution in [0.4, 0.5) is 0 Å². The van der Waals surface area contributed by atoms with Gasteiger partial charge in [0.25, 0.3) is 0 Å². The summed E-state index contributed by atoms with van der Waals surface area (Å²) in [6.45, 7) is 2.28. The fourth-order valence-electron chi connectivity index (χ4n) is 1.68. The lowest BCUT2D eigenvalue weighted by Crippen LogP contribution is -2.26. The van der Waals surface area contributed by atoms with Gasteiger partial charge in [0.15, 0.2) is 0 Å². The van der Waals surface area contributed by atoms with Crippen LogP contribution in [0.2, 0.25) is 0 Å². The van der Waals surface area contributed by atoms with Crippen molar-refractivity contribution >= 4 is 21.4 Å². The van der Waals surface area contributed by atoms with E-state index >= 15 is 0 Å². The normalized spacial score (nSPS) is 12.2. The number of hydrogen-bond acceptors (Lipinski definition) is 6. The first kappa shape index (κ1) is 15.1. The molecule has 0 unspecified atom stereocenters. The molecule has 0 spiro atoms. The van der Waals surface area contributed by atoms with Gasteiger partial charge >= 0.3 is 0 Å². The molecular weight excluding hydrogens is 300 g/mol. The number of aliphatic hydroxyl groups excluding tert-OH is 1. The van der Waals surface area contributed by atoms with E-state index in [4.69, 9.17) is 5.11 Å². The molecule has 1 N–H and O–H groups in total. The Morgan fingerprint density at radius 3 is 2.85 bits per heavy atom. The summed E-state index contributed by atoms with van der Waals surface area (Å²) in [5, 5.41) is 15.5. The van der Waals surface area contributed by atoms with Gasteiger partial charge in [-0.3, -0.25) is 4.68 Å². The molecule has 2 aromatic rings. The fourth-order valence-corrected chi connectivity index (χ4v) is 3.38. The first-order valence-corrected chi connectivity index (χ1v) is 8.26. The minimum absolute atomic E-state index is 0.0882. The van der Waals surface area contributed by atoms with Gasteiger partial charge < -0.3 is 5.11 Å². The Morgan fingerprint density at radius 2 is 2.25 bits per heavy atom. The molecule has 0 fully saturated rings. The number of thiazole rings is 1. The van der Waals surface area contributed by atoms with Crippen molar-refractivity contribution in [2.24, 2.45) is 0 Å². The third-order valence-electron chi connectivity index (χ3n) is 2.70. The highest BCUT2D eigenvalue weighted by molar-refractivity contribution is 7.89. The van der Waals surface area contributed by atoms with Gasteiger partial charge in [0.05, 0.1) is 36.6 Å². The minimum atomic E-state index is -3.59. The third kappa shape index (κ3) is 3.23. The SMILES string of the molecule is Cc1nc(CN(C)S(=O)(=O)c2cnn(CCO)c2)cs1. The van der Waals surface area contributed by atoms with E-state index in [0.717, 1.165) is 10.7 Å². The number of aryl methyl sites for hydroxylation is 1. The van der Waals surface area contributed by atoms with Crippen LogP contribution in [0.3, 0.4) is 0 Å². The molecule has 9 heteroatoms. The second kappa shape index (κ2) is 6.00. The zero-order chi connectivity index (χ0) is 14.8. The van der Waals surface area contributed by atoms with Crippen LogP contribution in [-0.2, 0) is 23.1 Å². The molecule has 110 valence electrons. The molecule has 0 bridgehead atoms. The van der Waals surface area contributed by atoms with E-state index in [0.29, 0.717) is 0 Å². The molecule has 0 atom stereocenters. The first-order chi connectivity index (χ1) is 9.43. The standard InChI is InChI=1S/C11H16N4O3S2/c1-9-13-10(8-19-9)6-14(2)20(17,18)11-5-12-15(7-11)3-4-16/h5,7-8,16H,3-4,6H2,1-2H3. The molecule has 0 aliphatic heterocycles. The summed E-state index contributed by atoms with van der Waals surface area (Å²) in [6.07, 6.45) is 2.70. The lowest BCUT2D eigenvalue weighted by Gasteiger charge is -2.14. The lowest BCUT2D eigenvalue weighted by atomic mass is 10.5. The summed E-state index contributed by atoms with van der Waals surface area (Å²) >= 11 is 1.49. The summed E-state index contributed by atoms with van der Waals surface area (Å²) in [6, 6.07) is 0. The predicted molar refractivity (Wildman–Crippen MR) is 74.8 cm³/mol. The van der Waals surface area contributed by atoms with Crippen LogP contribution in [-0.4, -0.2) is 46.2 Å². The molecule has 0 aliphatic carbocycles. The number of aromatic nitrogens is 3. The van der Waals surface area contributed by atoms with E-state index in [1.54, 1.807) is 0 Å². The van der Waals surface area contributed by atoms with E-state index in [1.165, 1.54) is 39.8 Å². The molecule has 7 nitrogen and oxygen atoms in total. The highest BCUT2D eigenvalue weighted by atomic mass is 32.2. The molecule has 2 heterocycles. The number of rotatable bonds is 6. The van der Waals surface area contributed by atoms with E-state index in [-0.39, 0.29) is 24.6 Å². The summed E-state index contributed by atoms with van der Waals surface area (Å²) in [7, 11) is -2.09. The highest BCUT2D eigenvalue weighted by Crippen LogP contribution is 2.17. The molecule has 0 amide bonds. The molecular formula is C11H16N4O3S2. The molecule has 2 aromatic heterocycles. The second-order valence-corrected chi connectivity index (χ2v) is 7.39. The zero-order valence-electron chi connectivity index (χ0n) is 11.2. The van der Waals surface area contributed by atoms with Gasteiger partial charge in [0, 0.05) is 18.6 Å². The Kier molecular flexibility index (Phi) is 4.53. The second-order valence-electron chi connectivity index (χ2n) is 4.28. The molecule has 0 radical (unpaired) electrons. The van der Waals surface area contributed by atoms with Crippen LogP contribution in [0.1, 0.15) is 10.7 Å². The quantitative estimate of drug-likeness (QED) is 0.836. The van der Waals surface area contributed by atoms with Gasteiger partial charge in [0.2, 0.25) is 10.0 Å². The average molecular weight is 316 g/mol. The maximum atomic E-state index is 12.3. The maximum absolute atomic E-state index is 12.3. The molecule has 0 aromatic carbocycles. The van der Waals surface area contributed by atoms with E-state index < -0.39 is 10.0 Å². The van der Waals surface area contributed by atoms with E-state index in [9.17, 15) is 8.42 Å². The van der Waals surface area contributed by atoms with Gasteiger partial charge in [-0.1, -0.05) is 0 Å². The Labute approximate surface area is 121 Å². The number of aliphatic hydroxyl groups is 1. The summed E-state index contributed by atoms with van der Waals surface area (Å²) < 4.78 is 27.3. The first-order valence-electron chi connectivity index (χ1n) is 5.94. The van der Waals surface area contributed by atoms with Gasteiger partial charge in [-0.2, -0.15) is 9.40 Å². The van der Waals surface area contributed by atoms with Crippen molar-refractivity contribution in [3.8, 4) is 0 Å². The summed E-state index contributed by atoms with van der Waals surface area (Å²) in [5.74, 6) is 0. The Morgan fingerprint density at radius 1 is 1.50 bits per heavy atom. The van der Waals surface area contributed by atoms with Crippen molar-refractivity contribution in [3.63, 3.8) is 0 Å². The zero-order valence-corrected chi connectivity index (χ0v) is 12.9. The van der Waals surface area contributed by atoms with Gasteiger partial charge in [-0.05, 0) is 6.92 Å². The van der Waals surface area contributed by atoms with Gasteiger partial charge in [-0.15, -0.1) is 11.3 Å². The molecule has 20 heavy (non-hydrogen) atoms. The summed E-state index contributed by atoms with van der Waals surface area (Å²) in [5.41, 5.74) is 0.723. The van der Waals surface area contributed by atoms with Crippen LogP contribution >= 0.6 is 11.3 Å². The van der Waals surface area contributed by atoms with Crippen molar-refractivity contribution in [1.82, 2.24) is 19.1 Å². The number of nitrogens with zero attached hydrogens (tertiary/aromatic N) is 4. The van der Waals surface area contributed by atoms with Crippen molar-refractivity contribution in [3.05, 3.63) is 28.5 Å². The van der Waals surface area contributed by atoms with Crippen LogP contribution in [0.25, 0.3) is 0 Å². The Hall–Kier alpha value is -1.29. The largest absolute Gasteiger partial charge is 0.394 e. The minimum Gasteiger partial charge on any atom is -0.394 e. The van der Waals surface area contributed by atoms with Crippen molar-refractivity contribution in [1.29, 1.82) is 0 Å². The smallest absolute Gasteiger partial charge is 0.246 e. The van der Waals surface area contributed by atoms with Gasteiger partial charge in [-0.25, -0.2) is 13.4 Å². The molecule has 2 rings (SSSR count).